The molecule has 0 bridgehead atoms. The predicted octanol–water partition coefficient (Wildman–Crippen LogP) is 2.27. The number of halogens is 3. The van der Waals surface area contributed by atoms with E-state index in [4.69, 9.17) is 10.2 Å². The largest absolute Gasteiger partial charge is 0.534 e. The number of nitrogens with two attached hydrogens (primary N) is 1. The highest BCUT2D eigenvalue weighted by atomic mass is 32.2. The Morgan fingerprint density at radius 2 is 1.69 bits per heavy atom. The summed E-state index contributed by atoms with van der Waals surface area (Å²) in [5.41, 5.74) is 0.471. The molecule has 0 spiro atoms. The van der Waals surface area contributed by atoms with Gasteiger partial charge in [-0.05, 0) is 17.7 Å². The molecule has 2 aromatic carbocycles. The number of oxazole rings is 1. The van der Waals surface area contributed by atoms with Crippen molar-refractivity contribution >= 4 is 27.7 Å². The fourth-order valence-electron chi connectivity index (χ4n) is 3.07. The molecule has 10 nitrogen and oxygen atoms in total. The SMILES string of the molecule is Cc1nc(-c2ccccc2)c(C(=O)N[C@@H](Cc2ccc(OS(=O)(=O)C(F)(F)F)cc2)C(=O)C(N)=O)o1. The highest BCUT2D eigenvalue weighted by Crippen LogP contribution is 2.27. The van der Waals surface area contributed by atoms with Gasteiger partial charge in [0.2, 0.25) is 11.5 Å². The van der Waals surface area contributed by atoms with Crippen LogP contribution in [0.1, 0.15) is 22.0 Å². The van der Waals surface area contributed by atoms with Crippen LogP contribution in [0.2, 0.25) is 0 Å². The van der Waals surface area contributed by atoms with Crippen LogP contribution in [0.15, 0.2) is 59.0 Å². The van der Waals surface area contributed by atoms with Gasteiger partial charge in [-0.15, -0.1) is 0 Å². The third kappa shape index (κ3) is 6.07. The molecule has 0 aliphatic heterocycles. The van der Waals surface area contributed by atoms with E-state index >= 15 is 0 Å². The van der Waals surface area contributed by atoms with E-state index in [2.05, 4.69) is 14.5 Å². The molecule has 0 aliphatic carbocycles. The molecule has 1 atom stereocenters. The Morgan fingerprint density at radius 3 is 2.25 bits per heavy atom. The smallest absolute Gasteiger partial charge is 0.435 e. The van der Waals surface area contributed by atoms with Crippen molar-refractivity contribution in [1.29, 1.82) is 0 Å². The minimum atomic E-state index is -5.87. The summed E-state index contributed by atoms with van der Waals surface area (Å²) in [5.74, 6) is -4.05. The Labute approximate surface area is 202 Å². The molecule has 3 N–H and O–H groups in total. The van der Waals surface area contributed by atoms with Gasteiger partial charge in [0, 0.05) is 18.9 Å². The summed E-state index contributed by atoms with van der Waals surface area (Å²) in [6, 6.07) is 11.2. The Balaban J connectivity index is 1.82. The number of primary amides is 1. The summed E-state index contributed by atoms with van der Waals surface area (Å²) < 4.78 is 69.1. The molecule has 0 saturated carbocycles. The van der Waals surface area contributed by atoms with E-state index in [0.29, 0.717) is 5.56 Å². The van der Waals surface area contributed by atoms with E-state index in [0.717, 1.165) is 24.3 Å². The van der Waals surface area contributed by atoms with Crippen molar-refractivity contribution < 1.29 is 44.6 Å². The molecule has 0 radical (unpaired) electrons. The molecule has 3 rings (SSSR count). The second kappa shape index (κ2) is 10.2. The van der Waals surface area contributed by atoms with Crippen LogP contribution < -0.4 is 15.2 Å². The van der Waals surface area contributed by atoms with Gasteiger partial charge in [-0.1, -0.05) is 42.5 Å². The highest BCUT2D eigenvalue weighted by molar-refractivity contribution is 7.88. The van der Waals surface area contributed by atoms with Crippen LogP contribution >= 0.6 is 0 Å². The first-order valence-corrected chi connectivity index (χ1v) is 11.5. The number of hydrogen-bond acceptors (Lipinski definition) is 8. The molecule has 0 aliphatic rings. The van der Waals surface area contributed by atoms with Gasteiger partial charge in [-0.3, -0.25) is 14.4 Å². The number of ketones is 1. The Hall–Kier alpha value is -4.20. The van der Waals surface area contributed by atoms with Crippen molar-refractivity contribution in [3.63, 3.8) is 0 Å². The van der Waals surface area contributed by atoms with Gasteiger partial charge < -0.3 is 19.7 Å². The zero-order chi connectivity index (χ0) is 26.7. The number of carbonyl (C=O) groups is 3. The molecule has 3 aromatic rings. The quantitative estimate of drug-likeness (QED) is 0.245. The van der Waals surface area contributed by atoms with Crippen LogP contribution in [0.3, 0.4) is 0 Å². The third-order valence-electron chi connectivity index (χ3n) is 4.70. The zero-order valence-corrected chi connectivity index (χ0v) is 19.2. The Bertz CT molecular complexity index is 1390. The number of hydrogen-bond donors (Lipinski definition) is 2. The maximum Gasteiger partial charge on any atom is 0.534 e. The van der Waals surface area contributed by atoms with Crippen molar-refractivity contribution in [2.45, 2.75) is 24.9 Å². The third-order valence-corrected chi connectivity index (χ3v) is 5.68. The fourth-order valence-corrected chi connectivity index (χ4v) is 3.53. The van der Waals surface area contributed by atoms with E-state index < -0.39 is 45.0 Å². The normalized spacial score (nSPS) is 12.6. The summed E-state index contributed by atoms with van der Waals surface area (Å²) in [6.07, 6.45) is -0.312. The predicted molar refractivity (Wildman–Crippen MR) is 118 cm³/mol. The molecule has 190 valence electrons. The molecular weight excluding hydrogens is 507 g/mol. The molecule has 0 fully saturated rings. The minimum Gasteiger partial charge on any atom is -0.435 e. The summed E-state index contributed by atoms with van der Waals surface area (Å²) in [7, 11) is -5.87. The first-order valence-electron chi connectivity index (χ1n) is 10.1. The van der Waals surface area contributed by atoms with Crippen LogP contribution in [0.5, 0.6) is 5.75 Å². The van der Waals surface area contributed by atoms with Gasteiger partial charge in [0.1, 0.15) is 17.5 Å². The number of nitrogens with zero attached hydrogens (tertiary/aromatic N) is 1. The van der Waals surface area contributed by atoms with Crippen molar-refractivity contribution in [3.8, 4) is 17.0 Å². The average molecular weight is 525 g/mol. The molecule has 36 heavy (non-hydrogen) atoms. The number of alkyl halides is 3. The highest BCUT2D eigenvalue weighted by Gasteiger charge is 2.48. The van der Waals surface area contributed by atoms with E-state index in [1.54, 1.807) is 30.3 Å². The molecule has 1 heterocycles. The Morgan fingerprint density at radius 1 is 1.08 bits per heavy atom. The van der Waals surface area contributed by atoms with Crippen LogP contribution in [-0.4, -0.2) is 42.5 Å². The molecular formula is C22H18F3N3O7S. The number of carbonyl (C=O) groups excluding carboxylic acids is 3. The molecule has 0 saturated heterocycles. The second-order valence-electron chi connectivity index (χ2n) is 7.36. The van der Waals surface area contributed by atoms with Crippen LogP contribution in [-0.2, 0) is 26.1 Å². The lowest BCUT2D eigenvalue weighted by Gasteiger charge is -2.16. The van der Waals surface area contributed by atoms with Gasteiger partial charge in [0.05, 0.1) is 0 Å². The first-order chi connectivity index (χ1) is 16.8. The zero-order valence-electron chi connectivity index (χ0n) is 18.4. The maximum atomic E-state index is 12.9. The number of Topliss-reactive ketones (excluding diaryl/α,β-unsaturated/α-hetero) is 1. The van der Waals surface area contributed by atoms with Gasteiger partial charge in [-0.2, -0.15) is 21.6 Å². The number of benzene rings is 2. The number of nitrogens with one attached hydrogen (secondary N) is 1. The second-order valence-corrected chi connectivity index (χ2v) is 8.90. The van der Waals surface area contributed by atoms with Crippen molar-refractivity contribution in [1.82, 2.24) is 10.3 Å². The summed E-state index contributed by atoms with van der Waals surface area (Å²) in [4.78, 5) is 41.0. The molecule has 14 heteroatoms. The van der Waals surface area contributed by atoms with E-state index in [1.165, 1.54) is 6.92 Å². The monoisotopic (exact) mass is 525 g/mol. The number of aromatic nitrogens is 1. The first kappa shape index (κ1) is 26.4. The van der Waals surface area contributed by atoms with Gasteiger partial charge in [0.25, 0.3) is 11.8 Å². The van der Waals surface area contributed by atoms with Crippen LogP contribution in [0.25, 0.3) is 11.3 Å². The van der Waals surface area contributed by atoms with E-state index in [1.807, 2.05) is 0 Å². The number of aryl methyl sites for hydroxylation is 1. The maximum absolute atomic E-state index is 12.9. The molecule has 0 unspecified atom stereocenters. The van der Waals surface area contributed by atoms with Crippen LogP contribution in [0, 0.1) is 6.92 Å². The van der Waals surface area contributed by atoms with Crippen molar-refractivity contribution in [2.75, 3.05) is 0 Å². The topological polar surface area (TPSA) is 159 Å². The standard InChI is InChI=1S/C22H18F3N3O7S/c1-12-27-17(14-5-3-2-4-6-14)19(34-12)21(31)28-16(18(29)20(26)30)11-13-7-9-15(10-8-13)35-36(32,33)22(23,24)25/h2-10,16H,11H2,1H3,(H2,26,30)(H,28,31)/t16-/m0/s1. The van der Waals surface area contributed by atoms with E-state index in [-0.39, 0.29) is 29.3 Å². The summed E-state index contributed by atoms with van der Waals surface area (Å²) in [5, 5.41) is 2.36. The average Bonchev–Trinajstić information content (AvgIpc) is 3.20. The summed E-state index contributed by atoms with van der Waals surface area (Å²) >= 11 is 0. The lowest BCUT2D eigenvalue weighted by Crippen LogP contribution is -2.47. The van der Waals surface area contributed by atoms with Crippen molar-refractivity contribution in [2.24, 2.45) is 5.73 Å². The molecule has 1 aromatic heterocycles. The van der Waals surface area contributed by atoms with Crippen LogP contribution in [0.4, 0.5) is 13.2 Å². The fraction of sp³-hybridized carbons (Fsp3) is 0.182. The van der Waals surface area contributed by atoms with Gasteiger partial charge in [-0.25, -0.2) is 4.98 Å². The lowest BCUT2D eigenvalue weighted by atomic mass is 10.0. The van der Waals surface area contributed by atoms with Gasteiger partial charge in [0.15, 0.2) is 5.89 Å². The van der Waals surface area contributed by atoms with E-state index in [9.17, 15) is 36.0 Å². The minimum absolute atomic E-state index is 0.168. The number of amides is 2. The summed E-state index contributed by atoms with van der Waals surface area (Å²) in [6.45, 7) is 1.51. The molecule has 2 amide bonds. The lowest BCUT2D eigenvalue weighted by molar-refractivity contribution is -0.137. The van der Waals surface area contributed by atoms with Gasteiger partial charge >= 0.3 is 15.6 Å². The Kier molecular flexibility index (Phi) is 7.48. The van der Waals surface area contributed by atoms with Crippen molar-refractivity contribution in [3.05, 3.63) is 71.8 Å². The number of rotatable bonds is 9.